The average molecular weight is 498 g/mol. The summed E-state index contributed by atoms with van der Waals surface area (Å²) in [7, 11) is 0. The molecule has 3 aromatic rings. The van der Waals surface area contributed by atoms with Crippen molar-refractivity contribution in [2.45, 2.75) is 40.8 Å². The number of amides is 2. The van der Waals surface area contributed by atoms with Crippen molar-refractivity contribution in [3.63, 3.8) is 0 Å². The molecule has 8 nitrogen and oxygen atoms in total. The normalized spacial score (nSPS) is 11.9. The molecule has 2 amide bonds. The molecule has 4 rings (SSSR count). The van der Waals surface area contributed by atoms with E-state index in [2.05, 4.69) is 10.3 Å². The number of carbonyl (C=O) groups excluding carboxylic acids is 2. The van der Waals surface area contributed by atoms with Gasteiger partial charge in [-0.2, -0.15) is 0 Å². The van der Waals surface area contributed by atoms with Gasteiger partial charge in [0.1, 0.15) is 0 Å². The van der Waals surface area contributed by atoms with Crippen LogP contribution in [-0.2, 0) is 17.8 Å². The quantitative estimate of drug-likeness (QED) is 0.406. The second-order valence-electron chi connectivity index (χ2n) is 8.38. The number of nitrogens with zero attached hydrogens (tertiary/aromatic N) is 1. The third-order valence-electron chi connectivity index (χ3n) is 5.91. The van der Waals surface area contributed by atoms with Crippen LogP contribution in [0.5, 0.6) is 11.5 Å². The van der Waals surface area contributed by atoms with Gasteiger partial charge in [-0.3, -0.25) is 0 Å². The summed E-state index contributed by atoms with van der Waals surface area (Å²) in [5, 5.41) is 3.50. The highest BCUT2D eigenvalue weighted by atomic mass is 35.5. The number of benzene rings is 2. The van der Waals surface area contributed by atoms with Crippen LogP contribution in [0.1, 0.15) is 45.4 Å². The minimum Gasteiger partial charge on any atom is -0.462 e. The number of urea groups is 1. The number of hydrogen-bond donors (Lipinski definition) is 2. The number of rotatable bonds is 7. The predicted octanol–water partition coefficient (Wildman–Crippen LogP) is 5.73. The van der Waals surface area contributed by atoms with Gasteiger partial charge >= 0.3 is 12.0 Å². The summed E-state index contributed by atoms with van der Waals surface area (Å²) < 4.78 is 16.1. The summed E-state index contributed by atoms with van der Waals surface area (Å²) in [6.07, 6.45) is 0. The van der Waals surface area contributed by atoms with Crippen LogP contribution in [-0.4, -0.2) is 35.3 Å². The molecule has 1 aliphatic heterocycles. The Bertz CT molecular complexity index is 1270. The Balaban J connectivity index is 1.63. The number of fused-ring (bicyclic) bond motifs is 1. The van der Waals surface area contributed by atoms with E-state index in [1.807, 2.05) is 45.0 Å². The fraction of sp³-hybridized carbons (Fsp3) is 0.308. The number of H-pyrrole nitrogens is 1. The molecule has 0 aliphatic carbocycles. The molecule has 184 valence electrons. The number of aromatic nitrogens is 1. The Labute approximate surface area is 209 Å². The molecule has 0 unspecified atom stereocenters. The molecule has 1 aliphatic rings. The monoisotopic (exact) mass is 497 g/mol. The molecule has 0 spiro atoms. The van der Waals surface area contributed by atoms with Gasteiger partial charge in [-0.15, -0.1) is 0 Å². The lowest BCUT2D eigenvalue weighted by Crippen LogP contribution is -2.34. The number of esters is 1. The van der Waals surface area contributed by atoms with E-state index in [4.69, 9.17) is 25.8 Å². The Hall–Kier alpha value is -3.65. The number of hydrogen-bond acceptors (Lipinski definition) is 5. The number of carbonyl (C=O) groups is 2. The van der Waals surface area contributed by atoms with Crippen LogP contribution in [0.15, 0.2) is 36.4 Å². The Morgan fingerprint density at radius 1 is 1.09 bits per heavy atom. The summed E-state index contributed by atoms with van der Waals surface area (Å²) in [5.41, 5.74) is 5.10. The van der Waals surface area contributed by atoms with Crippen molar-refractivity contribution in [1.29, 1.82) is 0 Å². The number of ether oxygens (including phenoxy) is 3. The molecular formula is C26H28ClN3O5. The molecule has 1 aromatic heterocycles. The van der Waals surface area contributed by atoms with Crippen LogP contribution < -0.4 is 14.8 Å². The molecule has 35 heavy (non-hydrogen) atoms. The molecule has 9 heteroatoms. The van der Waals surface area contributed by atoms with Crippen LogP contribution in [0.3, 0.4) is 0 Å². The maximum Gasteiger partial charge on any atom is 0.340 e. The second-order valence-corrected chi connectivity index (χ2v) is 8.82. The topological polar surface area (TPSA) is 92.9 Å². The van der Waals surface area contributed by atoms with Crippen molar-refractivity contribution in [2.75, 3.05) is 18.7 Å². The van der Waals surface area contributed by atoms with Gasteiger partial charge in [0.15, 0.2) is 11.5 Å². The van der Waals surface area contributed by atoms with Gasteiger partial charge in [0.2, 0.25) is 6.79 Å². The molecule has 0 radical (unpaired) electrons. The summed E-state index contributed by atoms with van der Waals surface area (Å²) in [6, 6.07) is 10.6. The van der Waals surface area contributed by atoms with Gasteiger partial charge in [-0.25, -0.2) is 9.59 Å². The zero-order chi connectivity index (χ0) is 25.1. The molecule has 2 aromatic carbocycles. The summed E-state index contributed by atoms with van der Waals surface area (Å²) >= 11 is 6.15. The van der Waals surface area contributed by atoms with Crippen molar-refractivity contribution in [2.24, 2.45) is 0 Å². The van der Waals surface area contributed by atoms with E-state index in [1.54, 1.807) is 24.0 Å². The molecule has 2 N–H and O–H groups in total. The van der Waals surface area contributed by atoms with Crippen LogP contribution in [0, 0.1) is 20.8 Å². The van der Waals surface area contributed by atoms with E-state index in [0.29, 0.717) is 40.0 Å². The second kappa shape index (κ2) is 10.3. The maximum absolute atomic E-state index is 13.5. The van der Waals surface area contributed by atoms with Crippen molar-refractivity contribution >= 4 is 29.3 Å². The fourth-order valence-electron chi connectivity index (χ4n) is 4.06. The number of aromatic amines is 1. The standard InChI is InChI=1S/C26H28ClN3O5/c1-5-33-25(31)24-16(3)21(28-17(24)4)13-30(12-18-7-9-22-23(10-18)35-14-34-22)26(32)29-20-11-19(27)8-6-15(20)2/h6-11,28H,5,12-14H2,1-4H3,(H,29,32). The minimum absolute atomic E-state index is 0.175. The first kappa shape index (κ1) is 24.5. The average Bonchev–Trinajstić information content (AvgIpc) is 3.39. The lowest BCUT2D eigenvalue weighted by Gasteiger charge is -2.24. The summed E-state index contributed by atoms with van der Waals surface area (Å²) in [5.74, 6) is 0.936. The molecule has 0 bridgehead atoms. The Kier molecular flexibility index (Phi) is 7.21. The first-order valence-electron chi connectivity index (χ1n) is 11.3. The molecular weight excluding hydrogens is 470 g/mol. The van der Waals surface area contributed by atoms with Crippen LogP contribution in [0.4, 0.5) is 10.5 Å². The lowest BCUT2D eigenvalue weighted by atomic mass is 10.1. The van der Waals surface area contributed by atoms with Gasteiger partial charge < -0.3 is 29.4 Å². The third-order valence-corrected chi connectivity index (χ3v) is 6.14. The number of nitrogens with one attached hydrogen (secondary N) is 2. The van der Waals surface area contributed by atoms with E-state index in [1.165, 1.54) is 0 Å². The van der Waals surface area contributed by atoms with E-state index >= 15 is 0 Å². The molecule has 0 fully saturated rings. The Morgan fingerprint density at radius 2 is 1.86 bits per heavy atom. The highest BCUT2D eigenvalue weighted by Crippen LogP contribution is 2.33. The molecule has 0 saturated heterocycles. The fourth-order valence-corrected chi connectivity index (χ4v) is 4.23. The maximum atomic E-state index is 13.5. The van der Waals surface area contributed by atoms with Crippen LogP contribution in [0.2, 0.25) is 5.02 Å². The SMILES string of the molecule is CCOC(=O)c1c(C)[nH]c(CN(Cc2ccc3c(c2)OCO3)C(=O)Nc2cc(Cl)ccc2C)c1C. The molecule has 0 saturated carbocycles. The van der Waals surface area contributed by atoms with E-state index < -0.39 is 0 Å². The van der Waals surface area contributed by atoms with Crippen LogP contribution in [0.25, 0.3) is 0 Å². The smallest absolute Gasteiger partial charge is 0.340 e. The number of anilines is 1. The highest BCUT2D eigenvalue weighted by Gasteiger charge is 2.24. The third kappa shape index (κ3) is 5.38. The minimum atomic E-state index is -0.383. The van der Waals surface area contributed by atoms with E-state index in [9.17, 15) is 9.59 Å². The van der Waals surface area contributed by atoms with Gasteiger partial charge in [0.25, 0.3) is 0 Å². The highest BCUT2D eigenvalue weighted by molar-refractivity contribution is 6.31. The zero-order valence-corrected chi connectivity index (χ0v) is 20.9. The van der Waals surface area contributed by atoms with Gasteiger partial charge in [-0.1, -0.05) is 23.7 Å². The van der Waals surface area contributed by atoms with Crippen molar-refractivity contribution < 1.29 is 23.8 Å². The van der Waals surface area contributed by atoms with E-state index in [-0.39, 0.29) is 31.9 Å². The first-order valence-corrected chi connectivity index (χ1v) is 11.7. The molecule has 0 atom stereocenters. The number of halogens is 1. The van der Waals surface area contributed by atoms with E-state index in [0.717, 1.165) is 22.4 Å². The van der Waals surface area contributed by atoms with Gasteiger partial charge in [0, 0.05) is 28.6 Å². The van der Waals surface area contributed by atoms with Gasteiger partial charge in [0.05, 0.1) is 18.7 Å². The summed E-state index contributed by atoms with van der Waals surface area (Å²) in [6.45, 7) is 8.34. The summed E-state index contributed by atoms with van der Waals surface area (Å²) in [4.78, 5) is 30.8. The Morgan fingerprint density at radius 3 is 2.63 bits per heavy atom. The van der Waals surface area contributed by atoms with Crippen molar-refractivity contribution in [3.8, 4) is 11.5 Å². The largest absolute Gasteiger partial charge is 0.462 e. The zero-order valence-electron chi connectivity index (χ0n) is 20.2. The van der Waals surface area contributed by atoms with Crippen LogP contribution >= 0.6 is 11.6 Å². The first-order chi connectivity index (χ1) is 16.8. The van der Waals surface area contributed by atoms with Crippen molar-refractivity contribution in [3.05, 3.63) is 75.1 Å². The molecule has 2 heterocycles. The predicted molar refractivity (Wildman–Crippen MR) is 133 cm³/mol. The number of aryl methyl sites for hydroxylation is 2. The lowest BCUT2D eigenvalue weighted by molar-refractivity contribution is 0.0525. The van der Waals surface area contributed by atoms with Gasteiger partial charge in [-0.05, 0) is 68.7 Å². The van der Waals surface area contributed by atoms with Crippen molar-refractivity contribution in [1.82, 2.24) is 9.88 Å².